The van der Waals surface area contributed by atoms with Crippen molar-refractivity contribution in [3.8, 4) is 11.5 Å². The van der Waals surface area contributed by atoms with Gasteiger partial charge in [0.15, 0.2) is 5.96 Å². The van der Waals surface area contributed by atoms with E-state index < -0.39 is 11.6 Å². The van der Waals surface area contributed by atoms with E-state index in [1.807, 2.05) is 0 Å². The van der Waals surface area contributed by atoms with Crippen molar-refractivity contribution < 1.29 is 18.6 Å². The van der Waals surface area contributed by atoms with E-state index >= 15 is 0 Å². The summed E-state index contributed by atoms with van der Waals surface area (Å²) in [4.78, 5) is 5.88. The first-order valence-corrected chi connectivity index (χ1v) is 9.04. The second-order valence-electron chi connectivity index (χ2n) is 6.57. The molecule has 1 saturated heterocycles. The number of ether oxygens (including phenoxy) is 1. The van der Waals surface area contributed by atoms with E-state index in [1.54, 1.807) is 37.3 Å². The highest BCUT2D eigenvalue weighted by molar-refractivity contribution is 5.80. The molecule has 1 fully saturated rings. The summed E-state index contributed by atoms with van der Waals surface area (Å²) in [7, 11) is 3.21. The summed E-state index contributed by atoms with van der Waals surface area (Å²) >= 11 is 0. The van der Waals surface area contributed by atoms with Crippen molar-refractivity contribution >= 4 is 11.6 Å². The van der Waals surface area contributed by atoms with Crippen LogP contribution in [0.5, 0.6) is 11.5 Å². The summed E-state index contributed by atoms with van der Waals surface area (Å²) in [5.41, 5.74) is 0.680. The molecule has 0 spiro atoms. The van der Waals surface area contributed by atoms with Gasteiger partial charge in [0.1, 0.15) is 28.8 Å². The minimum absolute atomic E-state index is 0.0101. The van der Waals surface area contributed by atoms with Crippen molar-refractivity contribution in [2.75, 3.05) is 32.1 Å². The van der Waals surface area contributed by atoms with Gasteiger partial charge in [-0.3, -0.25) is 4.99 Å². The van der Waals surface area contributed by atoms with Crippen molar-refractivity contribution in [3.05, 3.63) is 53.6 Å². The van der Waals surface area contributed by atoms with Crippen LogP contribution >= 0.6 is 0 Å². The number of aromatic hydroxyl groups is 1. The minimum Gasteiger partial charge on any atom is -0.508 e. The summed E-state index contributed by atoms with van der Waals surface area (Å²) in [5.74, 6) is 0.234. The fraction of sp³-hybridized carbons (Fsp3) is 0.350. The van der Waals surface area contributed by atoms with Crippen molar-refractivity contribution in [2.45, 2.75) is 19.0 Å². The Morgan fingerprint density at radius 3 is 2.71 bits per heavy atom. The molecular formula is C20H24F2N4O2. The molecule has 0 radical (unpaired) electrons. The normalized spacial score (nSPS) is 16.9. The van der Waals surface area contributed by atoms with Gasteiger partial charge in [-0.25, -0.2) is 8.78 Å². The van der Waals surface area contributed by atoms with Crippen LogP contribution in [0.15, 0.2) is 41.4 Å². The van der Waals surface area contributed by atoms with Gasteiger partial charge in [0.25, 0.3) is 0 Å². The fourth-order valence-electron chi connectivity index (χ4n) is 3.27. The Labute approximate surface area is 162 Å². The van der Waals surface area contributed by atoms with Gasteiger partial charge in [0, 0.05) is 38.3 Å². The van der Waals surface area contributed by atoms with E-state index in [0.717, 1.165) is 6.42 Å². The maximum Gasteiger partial charge on any atom is 0.191 e. The number of aliphatic imine (C=N–C) groups is 1. The Morgan fingerprint density at radius 2 is 2.04 bits per heavy atom. The van der Waals surface area contributed by atoms with Gasteiger partial charge >= 0.3 is 0 Å². The monoisotopic (exact) mass is 390 g/mol. The van der Waals surface area contributed by atoms with Gasteiger partial charge in [-0.2, -0.15) is 0 Å². The fourth-order valence-corrected chi connectivity index (χ4v) is 3.27. The van der Waals surface area contributed by atoms with E-state index in [-0.39, 0.29) is 17.5 Å². The zero-order valence-corrected chi connectivity index (χ0v) is 15.9. The van der Waals surface area contributed by atoms with Crippen LogP contribution < -0.4 is 20.3 Å². The third-order valence-electron chi connectivity index (χ3n) is 4.74. The summed E-state index contributed by atoms with van der Waals surface area (Å²) in [6.45, 7) is 1.35. The molecule has 3 N–H and O–H groups in total. The largest absolute Gasteiger partial charge is 0.508 e. The molecule has 1 unspecified atom stereocenters. The average molecular weight is 390 g/mol. The number of phenols is 1. The standard InChI is InChI=1S/C20H24F2N4O2/c1-23-20(24-11-13-10-15(28-2)6-7-18(13)27)25-14-8-9-26(12-14)19-16(21)4-3-5-17(19)22/h3-7,10,14,27H,8-9,11-12H2,1-2H3,(H2,23,24,25). The molecule has 2 aromatic carbocycles. The zero-order valence-electron chi connectivity index (χ0n) is 15.9. The van der Waals surface area contributed by atoms with Crippen LogP contribution in [-0.2, 0) is 6.54 Å². The topological polar surface area (TPSA) is 69.1 Å². The maximum atomic E-state index is 14.0. The van der Waals surface area contributed by atoms with Gasteiger partial charge in [0.2, 0.25) is 0 Å². The number of halogens is 2. The number of phenolic OH excluding ortho intramolecular Hbond substituents is 1. The first kappa shape index (κ1) is 19.7. The number of anilines is 1. The summed E-state index contributed by atoms with van der Waals surface area (Å²) in [6, 6.07) is 8.88. The van der Waals surface area contributed by atoms with Gasteiger partial charge < -0.3 is 25.4 Å². The van der Waals surface area contributed by atoms with Gasteiger partial charge in [-0.15, -0.1) is 0 Å². The molecule has 6 nitrogen and oxygen atoms in total. The highest BCUT2D eigenvalue weighted by Crippen LogP contribution is 2.27. The third-order valence-corrected chi connectivity index (χ3v) is 4.74. The number of nitrogens with one attached hydrogen (secondary N) is 2. The van der Waals surface area contributed by atoms with Crippen molar-refractivity contribution in [2.24, 2.45) is 4.99 Å². The lowest BCUT2D eigenvalue weighted by Gasteiger charge is -2.21. The SMILES string of the molecule is CN=C(NCc1cc(OC)ccc1O)NC1CCN(c2c(F)cccc2F)C1. The van der Waals surface area contributed by atoms with Gasteiger partial charge in [-0.05, 0) is 36.8 Å². The van der Waals surface area contributed by atoms with Crippen LogP contribution in [0.25, 0.3) is 0 Å². The second-order valence-corrected chi connectivity index (χ2v) is 6.57. The van der Waals surface area contributed by atoms with Crippen LogP contribution in [0.2, 0.25) is 0 Å². The predicted molar refractivity (Wildman–Crippen MR) is 105 cm³/mol. The number of rotatable bonds is 5. The Bertz CT molecular complexity index is 840. The molecule has 3 rings (SSSR count). The number of nitrogens with zero attached hydrogens (tertiary/aromatic N) is 2. The highest BCUT2D eigenvalue weighted by Gasteiger charge is 2.27. The Hall–Kier alpha value is -3.03. The minimum atomic E-state index is -0.559. The molecule has 1 heterocycles. The van der Waals surface area contributed by atoms with Gasteiger partial charge in [-0.1, -0.05) is 6.07 Å². The molecule has 1 aliphatic heterocycles. The summed E-state index contributed by atoms with van der Waals surface area (Å²) < 4.78 is 33.2. The van der Waals surface area contributed by atoms with Crippen molar-refractivity contribution in [1.29, 1.82) is 0 Å². The smallest absolute Gasteiger partial charge is 0.191 e. The Kier molecular flexibility index (Phi) is 6.18. The Morgan fingerprint density at radius 1 is 1.29 bits per heavy atom. The first-order valence-electron chi connectivity index (χ1n) is 9.04. The molecule has 0 bridgehead atoms. The molecule has 150 valence electrons. The first-order chi connectivity index (χ1) is 13.5. The van der Waals surface area contributed by atoms with Crippen LogP contribution in [0.4, 0.5) is 14.5 Å². The number of hydrogen-bond acceptors (Lipinski definition) is 4. The van der Waals surface area contributed by atoms with Crippen LogP contribution in [0.3, 0.4) is 0 Å². The summed E-state index contributed by atoms with van der Waals surface area (Å²) in [6.07, 6.45) is 0.721. The molecule has 0 amide bonds. The zero-order chi connectivity index (χ0) is 20.1. The van der Waals surface area contributed by atoms with Crippen LogP contribution in [0.1, 0.15) is 12.0 Å². The van der Waals surface area contributed by atoms with E-state index in [4.69, 9.17) is 4.74 Å². The lowest BCUT2D eigenvalue weighted by atomic mass is 10.2. The molecule has 28 heavy (non-hydrogen) atoms. The molecule has 2 aromatic rings. The number of methoxy groups -OCH3 is 1. The number of para-hydroxylation sites is 1. The summed E-state index contributed by atoms with van der Waals surface area (Å²) in [5, 5.41) is 16.4. The van der Waals surface area contributed by atoms with Crippen LogP contribution in [-0.4, -0.2) is 44.4 Å². The van der Waals surface area contributed by atoms with Gasteiger partial charge in [0.05, 0.1) is 7.11 Å². The molecule has 1 aliphatic rings. The van der Waals surface area contributed by atoms with Crippen molar-refractivity contribution in [3.63, 3.8) is 0 Å². The quantitative estimate of drug-likeness (QED) is 0.541. The van der Waals surface area contributed by atoms with Crippen molar-refractivity contribution in [1.82, 2.24) is 10.6 Å². The number of benzene rings is 2. The lowest BCUT2D eigenvalue weighted by molar-refractivity contribution is 0.410. The van der Waals surface area contributed by atoms with E-state index in [9.17, 15) is 13.9 Å². The molecular weight excluding hydrogens is 366 g/mol. The Balaban J connectivity index is 1.59. The lowest BCUT2D eigenvalue weighted by Crippen LogP contribution is -2.44. The van der Waals surface area contributed by atoms with E-state index in [0.29, 0.717) is 36.9 Å². The van der Waals surface area contributed by atoms with Crippen LogP contribution in [0, 0.1) is 11.6 Å². The second kappa shape index (κ2) is 8.77. The van der Waals surface area contributed by atoms with E-state index in [1.165, 1.54) is 18.2 Å². The molecule has 1 atom stereocenters. The number of hydrogen-bond donors (Lipinski definition) is 3. The molecule has 8 heteroatoms. The molecule has 0 aliphatic carbocycles. The average Bonchev–Trinajstić information content (AvgIpc) is 3.14. The van der Waals surface area contributed by atoms with E-state index in [2.05, 4.69) is 15.6 Å². The molecule has 0 saturated carbocycles. The number of guanidine groups is 1. The third kappa shape index (κ3) is 4.44. The molecule has 0 aromatic heterocycles. The maximum absolute atomic E-state index is 14.0. The highest BCUT2D eigenvalue weighted by atomic mass is 19.1. The predicted octanol–water partition coefficient (Wildman–Crippen LogP) is 2.62.